The molecule has 1 fully saturated rings. The van der Waals surface area contributed by atoms with Crippen molar-refractivity contribution in [1.82, 2.24) is 10.2 Å². The average molecular weight is 403 g/mol. The molecule has 1 aliphatic rings. The lowest BCUT2D eigenvalue weighted by atomic mass is 10.1. The summed E-state index contributed by atoms with van der Waals surface area (Å²) >= 11 is 3.95. The van der Waals surface area contributed by atoms with E-state index in [9.17, 15) is 4.79 Å². The Morgan fingerprint density at radius 2 is 1.89 bits per heavy atom. The van der Waals surface area contributed by atoms with Crippen molar-refractivity contribution in [2.24, 2.45) is 0 Å². The average Bonchev–Trinajstić information content (AvgIpc) is 3.23. The van der Waals surface area contributed by atoms with Crippen molar-refractivity contribution in [3.63, 3.8) is 0 Å². The molecule has 0 saturated carbocycles. The number of carbonyl (C=O) groups is 1. The molecule has 0 spiro atoms. The van der Waals surface area contributed by atoms with E-state index < -0.39 is 0 Å². The van der Waals surface area contributed by atoms with Crippen molar-refractivity contribution >= 4 is 29.4 Å². The number of carbonyl (C=O) groups excluding carboxylic acids is 1. The second-order valence-corrected chi connectivity index (χ2v) is 9.39. The van der Waals surface area contributed by atoms with Gasteiger partial charge in [0.05, 0.1) is 17.7 Å². The predicted octanol–water partition coefficient (Wildman–Crippen LogP) is 4.21. The first-order valence-corrected chi connectivity index (χ1v) is 11.1. The van der Waals surface area contributed by atoms with Crippen LogP contribution >= 0.6 is 23.5 Å². The maximum atomic E-state index is 12.6. The third-order valence-electron chi connectivity index (χ3n) is 4.62. The molecule has 1 aliphatic heterocycles. The van der Waals surface area contributed by atoms with Crippen molar-refractivity contribution in [1.29, 1.82) is 0 Å². The van der Waals surface area contributed by atoms with E-state index in [-0.39, 0.29) is 11.9 Å². The third-order valence-corrected chi connectivity index (χ3v) is 7.73. The zero-order valence-electron chi connectivity index (χ0n) is 16.0. The van der Waals surface area contributed by atoms with Gasteiger partial charge in [0, 0.05) is 23.6 Å². The molecule has 0 aliphatic carbocycles. The largest absolute Gasteiger partial charge is 0.497 e. The van der Waals surface area contributed by atoms with Crippen molar-refractivity contribution in [2.45, 2.75) is 10.6 Å². The lowest BCUT2D eigenvalue weighted by Gasteiger charge is -2.25. The highest BCUT2D eigenvalue weighted by molar-refractivity contribution is 8.19. The van der Waals surface area contributed by atoms with E-state index >= 15 is 0 Å². The summed E-state index contributed by atoms with van der Waals surface area (Å²) in [5.41, 5.74) is 3.11. The number of rotatable bonds is 7. The predicted molar refractivity (Wildman–Crippen MR) is 116 cm³/mol. The van der Waals surface area contributed by atoms with E-state index in [4.69, 9.17) is 4.74 Å². The summed E-state index contributed by atoms with van der Waals surface area (Å²) in [7, 11) is 5.70. The highest BCUT2D eigenvalue weighted by atomic mass is 32.2. The van der Waals surface area contributed by atoms with Crippen LogP contribution < -0.4 is 10.1 Å². The van der Waals surface area contributed by atoms with Crippen molar-refractivity contribution in [2.75, 3.05) is 39.3 Å². The molecular weight excluding hydrogens is 376 g/mol. The number of nitrogens with zero attached hydrogens (tertiary/aromatic N) is 1. The first-order valence-electron chi connectivity index (χ1n) is 9.00. The number of ether oxygens (including phenoxy) is 1. The third kappa shape index (κ3) is 5.21. The summed E-state index contributed by atoms with van der Waals surface area (Å²) in [6.07, 6.45) is 0. The minimum atomic E-state index is -0.0389. The lowest BCUT2D eigenvalue weighted by molar-refractivity contribution is 0.0942. The van der Waals surface area contributed by atoms with Gasteiger partial charge in [-0.3, -0.25) is 4.79 Å². The first-order chi connectivity index (χ1) is 13.1. The van der Waals surface area contributed by atoms with Crippen LogP contribution in [-0.4, -0.2) is 50.1 Å². The molecule has 2 aromatic carbocycles. The molecule has 6 heteroatoms. The Labute approximate surface area is 170 Å². The SMILES string of the molecule is COc1cccc([C@H](CNC(=O)c2ccc(C3SCCS3)cc2)N(C)C)c1. The van der Waals surface area contributed by atoms with E-state index in [0.29, 0.717) is 16.7 Å². The van der Waals surface area contributed by atoms with E-state index in [1.165, 1.54) is 17.1 Å². The van der Waals surface area contributed by atoms with E-state index in [2.05, 4.69) is 28.4 Å². The molecule has 1 heterocycles. The van der Waals surface area contributed by atoms with Crippen LogP contribution in [0.15, 0.2) is 48.5 Å². The molecule has 2 aromatic rings. The number of likely N-dealkylation sites (N-methyl/N-ethyl adjacent to an activating group) is 1. The van der Waals surface area contributed by atoms with Crippen LogP contribution in [-0.2, 0) is 0 Å². The van der Waals surface area contributed by atoms with E-state index in [1.54, 1.807) is 7.11 Å². The maximum Gasteiger partial charge on any atom is 0.251 e. The molecule has 144 valence electrons. The van der Waals surface area contributed by atoms with Gasteiger partial charge in [-0.15, -0.1) is 23.5 Å². The van der Waals surface area contributed by atoms with Crippen LogP contribution in [0, 0.1) is 0 Å². The number of amides is 1. The Morgan fingerprint density at radius 1 is 1.19 bits per heavy atom. The summed E-state index contributed by atoms with van der Waals surface area (Å²) < 4.78 is 5.83. The van der Waals surface area contributed by atoms with Crippen LogP contribution in [0.4, 0.5) is 0 Å². The monoisotopic (exact) mass is 402 g/mol. The van der Waals surface area contributed by atoms with Crippen LogP contribution in [0.25, 0.3) is 0 Å². The number of thioether (sulfide) groups is 2. The van der Waals surface area contributed by atoms with Gasteiger partial charge >= 0.3 is 0 Å². The molecule has 4 nitrogen and oxygen atoms in total. The Bertz CT molecular complexity index is 759. The quantitative estimate of drug-likeness (QED) is 0.751. The van der Waals surface area contributed by atoms with E-state index in [0.717, 1.165) is 11.3 Å². The van der Waals surface area contributed by atoms with Gasteiger partial charge < -0.3 is 15.0 Å². The fourth-order valence-electron chi connectivity index (χ4n) is 3.08. The zero-order chi connectivity index (χ0) is 19.2. The van der Waals surface area contributed by atoms with Crippen molar-refractivity contribution in [3.05, 3.63) is 65.2 Å². The van der Waals surface area contributed by atoms with Crippen molar-refractivity contribution < 1.29 is 9.53 Å². The van der Waals surface area contributed by atoms with Gasteiger partial charge in [0.25, 0.3) is 5.91 Å². The molecule has 0 unspecified atom stereocenters. The topological polar surface area (TPSA) is 41.6 Å². The molecule has 3 rings (SSSR count). The molecule has 1 amide bonds. The molecular formula is C21H26N2O2S2. The van der Waals surface area contributed by atoms with Crippen LogP contribution in [0.1, 0.15) is 32.1 Å². The number of hydrogen-bond acceptors (Lipinski definition) is 5. The standard InChI is InChI=1S/C21H26N2O2S2/c1-23(2)19(17-5-4-6-18(13-17)25-3)14-22-20(24)15-7-9-16(10-8-15)21-26-11-12-27-21/h4-10,13,19,21H,11-12,14H2,1-3H3,(H,22,24)/t19-/m0/s1. The summed E-state index contributed by atoms with van der Waals surface area (Å²) in [5, 5.41) is 3.07. The van der Waals surface area contributed by atoms with Gasteiger partial charge in [0.15, 0.2) is 0 Å². The fourth-order valence-corrected chi connectivity index (χ4v) is 5.94. The Kier molecular flexibility index (Phi) is 7.10. The smallest absolute Gasteiger partial charge is 0.251 e. The van der Waals surface area contributed by atoms with Gasteiger partial charge in [0.1, 0.15) is 5.75 Å². The Hall–Kier alpha value is -1.63. The van der Waals surface area contributed by atoms with Gasteiger partial charge in [-0.05, 0) is 49.5 Å². The first kappa shape index (κ1) is 20.1. The Balaban J connectivity index is 1.63. The molecule has 0 aromatic heterocycles. The van der Waals surface area contributed by atoms with Gasteiger partial charge in [-0.1, -0.05) is 24.3 Å². The molecule has 1 atom stereocenters. The number of methoxy groups -OCH3 is 1. The summed E-state index contributed by atoms with van der Waals surface area (Å²) in [4.78, 5) is 14.7. The summed E-state index contributed by atoms with van der Waals surface area (Å²) in [5.74, 6) is 3.19. The maximum absolute atomic E-state index is 12.6. The van der Waals surface area contributed by atoms with Crippen LogP contribution in [0.2, 0.25) is 0 Å². The minimum Gasteiger partial charge on any atom is -0.497 e. The Morgan fingerprint density at radius 3 is 2.52 bits per heavy atom. The lowest BCUT2D eigenvalue weighted by Crippen LogP contribution is -2.34. The van der Waals surface area contributed by atoms with Gasteiger partial charge in [0.2, 0.25) is 0 Å². The van der Waals surface area contributed by atoms with E-state index in [1.807, 2.05) is 68.0 Å². The normalized spacial score (nSPS) is 15.7. The second-order valence-electron chi connectivity index (χ2n) is 6.66. The number of benzene rings is 2. The number of nitrogens with one attached hydrogen (secondary N) is 1. The number of hydrogen-bond donors (Lipinski definition) is 1. The van der Waals surface area contributed by atoms with Crippen molar-refractivity contribution in [3.8, 4) is 5.75 Å². The second kappa shape index (κ2) is 9.53. The molecule has 1 N–H and O–H groups in total. The minimum absolute atomic E-state index is 0.0389. The highest BCUT2D eigenvalue weighted by Gasteiger charge is 2.19. The van der Waals surface area contributed by atoms with Gasteiger partial charge in [-0.2, -0.15) is 0 Å². The van der Waals surface area contributed by atoms with Crippen LogP contribution in [0.3, 0.4) is 0 Å². The fraction of sp³-hybridized carbons (Fsp3) is 0.381. The summed E-state index contributed by atoms with van der Waals surface area (Å²) in [6, 6.07) is 16.1. The molecule has 0 radical (unpaired) electrons. The zero-order valence-corrected chi connectivity index (χ0v) is 17.6. The van der Waals surface area contributed by atoms with Crippen LogP contribution in [0.5, 0.6) is 5.75 Å². The summed E-state index contributed by atoms with van der Waals surface area (Å²) in [6.45, 7) is 0.537. The van der Waals surface area contributed by atoms with Gasteiger partial charge in [-0.25, -0.2) is 0 Å². The molecule has 0 bridgehead atoms. The highest BCUT2D eigenvalue weighted by Crippen LogP contribution is 2.45. The molecule has 27 heavy (non-hydrogen) atoms. The molecule has 1 saturated heterocycles.